The minimum atomic E-state index is -0.179. The third kappa shape index (κ3) is 4.73. The van der Waals surface area contributed by atoms with Gasteiger partial charge in [-0.2, -0.15) is 0 Å². The molecule has 0 saturated heterocycles. The summed E-state index contributed by atoms with van der Waals surface area (Å²) in [5, 5.41) is 11.6. The predicted molar refractivity (Wildman–Crippen MR) is 40.8 cm³/mol. The van der Waals surface area contributed by atoms with Crippen LogP contribution in [0.15, 0.2) is 0 Å². The van der Waals surface area contributed by atoms with E-state index < -0.39 is 0 Å². The van der Waals surface area contributed by atoms with Crippen molar-refractivity contribution >= 4 is 0 Å². The summed E-state index contributed by atoms with van der Waals surface area (Å²) in [6, 6.07) is 0.386. The Hall–Kier alpha value is -0.120. The van der Waals surface area contributed by atoms with Gasteiger partial charge in [0, 0.05) is 6.04 Å². The molecule has 0 aliphatic heterocycles. The quantitative estimate of drug-likeness (QED) is 0.532. The summed E-state index contributed by atoms with van der Waals surface area (Å²) in [5.41, 5.74) is 0. The highest BCUT2D eigenvalue weighted by Gasteiger charge is 2.01. The van der Waals surface area contributed by atoms with E-state index in [0.29, 0.717) is 12.6 Å². The lowest BCUT2D eigenvalue weighted by Crippen LogP contribution is -2.32. The number of aliphatic hydroxyl groups is 1. The monoisotopic (exact) mass is 147 g/mol. The fourth-order valence-electron chi connectivity index (χ4n) is 0.805. The molecule has 0 rings (SSSR count). The molecule has 0 aromatic carbocycles. The average molecular weight is 147 g/mol. The van der Waals surface area contributed by atoms with Gasteiger partial charge in [0.25, 0.3) is 0 Å². The Morgan fingerprint density at radius 1 is 1.50 bits per heavy atom. The first-order valence-electron chi connectivity index (χ1n) is 3.77. The Morgan fingerprint density at radius 2 is 2.20 bits per heavy atom. The predicted octanol–water partition coefficient (Wildman–Crippen LogP) is 0.341. The molecule has 62 valence electrons. The van der Waals surface area contributed by atoms with Crippen molar-refractivity contribution in [2.45, 2.75) is 26.3 Å². The van der Waals surface area contributed by atoms with Crippen LogP contribution in [0.4, 0.5) is 0 Å². The highest BCUT2D eigenvalue weighted by atomic mass is 16.6. The van der Waals surface area contributed by atoms with Gasteiger partial charge < -0.3 is 15.2 Å². The van der Waals surface area contributed by atoms with Crippen LogP contribution in [0.2, 0.25) is 0 Å². The zero-order valence-corrected chi connectivity index (χ0v) is 6.76. The number of ether oxygens (including phenoxy) is 1. The molecule has 0 aliphatic carbocycles. The van der Waals surface area contributed by atoms with Crippen LogP contribution in [0.1, 0.15) is 20.3 Å². The Morgan fingerprint density at radius 3 is 2.60 bits per heavy atom. The standard InChI is InChI=1S/C7H17NO2/c1-3-7(8-4-2)5-10-6-9/h7-9H,3-6H2,1-2H3/t7-/m0/s1. The van der Waals surface area contributed by atoms with Crippen LogP contribution < -0.4 is 5.32 Å². The highest BCUT2D eigenvalue weighted by Crippen LogP contribution is 1.90. The summed E-state index contributed by atoms with van der Waals surface area (Å²) in [7, 11) is 0. The van der Waals surface area contributed by atoms with E-state index in [-0.39, 0.29) is 6.79 Å². The Balaban J connectivity index is 3.21. The first-order valence-corrected chi connectivity index (χ1v) is 3.77. The SMILES string of the molecule is CCN[C@@H](CC)COCO. The van der Waals surface area contributed by atoms with Gasteiger partial charge in [-0.25, -0.2) is 0 Å². The van der Waals surface area contributed by atoms with E-state index in [0.717, 1.165) is 13.0 Å². The third-order valence-corrected chi connectivity index (χ3v) is 1.40. The summed E-state index contributed by atoms with van der Waals surface area (Å²) >= 11 is 0. The molecule has 0 aliphatic rings. The number of hydrogen-bond acceptors (Lipinski definition) is 3. The Kier molecular flexibility index (Phi) is 6.91. The van der Waals surface area contributed by atoms with E-state index in [2.05, 4.69) is 19.2 Å². The van der Waals surface area contributed by atoms with E-state index in [9.17, 15) is 0 Å². The molecular formula is C7H17NO2. The van der Waals surface area contributed by atoms with Gasteiger partial charge in [0.2, 0.25) is 0 Å². The van der Waals surface area contributed by atoms with Crippen molar-refractivity contribution in [3.63, 3.8) is 0 Å². The minimum absolute atomic E-state index is 0.179. The number of aliphatic hydroxyl groups excluding tert-OH is 1. The first-order chi connectivity index (χ1) is 4.85. The van der Waals surface area contributed by atoms with Gasteiger partial charge >= 0.3 is 0 Å². The average Bonchev–Trinajstić information content (AvgIpc) is 1.98. The van der Waals surface area contributed by atoms with Gasteiger partial charge in [0.1, 0.15) is 6.79 Å². The summed E-state index contributed by atoms with van der Waals surface area (Å²) < 4.78 is 4.83. The van der Waals surface area contributed by atoms with Crippen molar-refractivity contribution in [3.8, 4) is 0 Å². The Labute approximate surface area is 62.4 Å². The van der Waals surface area contributed by atoms with Crippen LogP contribution in [0.5, 0.6) is 0 Å². The smallest absolute Gasteiger partial charge is 0.143 e. The molecule has 0 unspecified atom stereocenters. The molecule has 0 amide bonds. The number of rotatable bonds is 6. The second-order valence-electron chi connectivity index (χ2n) is 2.16. The van der Waals surface area contributed by atoms with Crippen LogP contribution in [-0.4, -0.2) is 31.1 Å². The fourth-order valence-corrected chi connectivity index (χ4v) is 0.805. The van der Waals surface area contributed by atoms with Crippen LogP contribution >= 0.6 is 0 Å². The van der Waals surface area contributed by atoms with Crippen LogP contribution in [0.3, 0.4) is 0 Å². The van der Waals surface area contributed by atoms with Crippen molar-refractivity contribution < 1.29 is 9.84 Å². The van der Waals surface area contributed by atoms with Crippen molar-refractivity contribution in [3.05, 3.63) is 0 Å². The lowest BCUT2D eigenvalue weighted by Gasteiger charge is -2.14. The third-order valence-electron chi connectivity index (χ3n) is 1.40. The molecule has 0 aromatic heterocycles. The lowest BCUT2D eigenvalue weighted by molar-refractivity contribution is -0.0111. The van der Waals surface area contributed by atoms with Crippen molar-refractivity contribution in [2.75, 3.05) is 19.9 Å². The summed E-state index contributed by atoms with van der Waals surface area (Å²) in [6.45, 7) is 5.52. The number of nitrogens with one attached hydrogen (secondary N) is 1. The molecule has 3 heteroatoms. The maximum atomic E-state index is 8.33. The Bertz CT molecular complexity index is 68.6. The minimum Gasteiger partial charge on any atom is -0.371 e. The summed E-state index contributed by atoms with van der Waals surface area (Å²) in [5.74, 6) is 0. The molecule has 10 heavy (non-hydrogen) atoms. The lowest BCUT2D eigenvalue weighted by atomic mass is 10.2. The van der Waals surface area contributed by atoms with Crippen LogP contribution in [0, 0.1) is 0 Å². The summed E-state index contributed by atoms with van der Waals surface area (Å²) in [4.78, 5) is 0. The molecule has 0 radical (unpaired) electrons. The molecule has 0 fully saturated rings. The topological polar surface area (TPSA) is 41.5 Å². The second kappa shape index (κ2) is 6.99. The van der Waals surface area contributed by atoms with Gasteiger partial charge in [-0.1, -0.05) is 13.8 Å². The maximum absolute atomic E-state index is 8.33. The molecule has 0 aromatic rings. The maximum Gasteiger partial charge on any atom is 0.143 e. The van der Waals surface area contributed by atoms with Crippen molar-refractivity contribution in [2.24, 2.45) is 0 Å². The van der Waals surface area contributed by atoms with E-state index >= 15 is 0 Å². The molecule has 0 spiro atoms. The second-order valence-corrected chi connectivity index (χ2v) is 2.16. The van der Waals surface area contributed by atoms with E-state index in [4.69, 9.17) is 9.84 Å². The van der Waals surface area contributed by atoms with Crippen LogP contribution in [0.25, 0.3) is 0 Å². The molecule has 3 nitrogen and oxygen atoms in total. The number of likely N-dealkylation sites (N-methyl/N-ethyl adjacent to an activating group) is 1. The normalized spacial score (nSPS) is 13.5. The first kappa shape index (κ1) is 9.88. The van der Waals surface area contributed by atoms with E-state index in [1.807, 2.05) is 0 Å². The van der Waals surface area contributed by atoms with Gasteiger partial charge in [0.05, 0.1) is 6.61 Å². The molecular weight excluding hydrogens is 130 g/mol. The van der Waals surface area contributed by atoms with Gasteiger partial charge in [-0.15, -0.1) is 0 Å². The van der Waals surface area contributed by atoms with Crippen LogP contribution in [-0.2, 0) is 4.74 Å². The molecule has 0 bridgehead atoms. The fraction of sp³-hybridized carbons (Fsp3) is 1.00. The zero-order valence-electron chi connectivity index (χ0n) is 6.76. The molecule has 1 atom stereocenters. The van der Waals surface area contributed by atoms with Crippen molar-refractivity contribution in [1.82, 2.24) is 5.32 Å². The number of hydrogen-bond donors (Lipinski definition) is 2. The van der Waals surface area contributed by atoms with Crippen molar-refractivity contribution in [1.29, 1.82) is 0 Å². The molecule has 0 saturated carbocycles. The zero-order chi connectivity index (χ0) is 7.82. The summed E-state index contributed by atoms with van der Waals surface area (Å²) in [6.07, 6.45) is 1.04. The van der Waals surface area contributed by atoms with E-state index in [1.54, 1.807) is 0 Å². The van der Waals surface area contributed by atoms with E-state index in [1.165, 1.54) is 0 Å². The van der Waals surface area contributed by atoms with Gasteiger partial charge in [0.15, 0.2) is 0 Å². The molecule has 0 heterocycles. The highest BCUT2D eigenvalue weighted by molar-refractivity contribution is 4.61. The molecule has 2 N–H and O–H groups in total. The van der Waals surface area contributed by atoms with Gasteiger partial charge in [-0.05, 0) is 13.0 Å². The largest absolute Gasteiger partial charge is 0.371 e. The van der Waals surface area contributed by atoms with Gasteiger partial charge in [-0.3, -0.25) is 0 Å².